The molecule has 0 unspecified atom stereocenters. The van der Waals surface area contributed by atoms with Gasteiger partial charge in [-0.1, -0.05) is 29.8 Å². The number of aryl methyl sites for hydroxylation is 1. The Hall–Kier alpha value is -2.90. The van der Waals surface area contributed by atoms with Crippen LogP contribution in [0.4, 0.5) is 10.1 Å². The normalized spacial score (nSPS) is 11.7. The zero-order valence-electron chi connectivity index (χ0n) is 15.6. The summed E-state index contributed by atoms with van der Waals surface area (Å²) in [6, 6.07) is 12.8. The van der Waals surface area contributed by atoms with Gasteiger partial charge >= 0.3 is 0 Å². The first kappa shape index (κ1) is 19.4. The van der Waals surface area contributed by atoms with Crippen LogP contribution in [0.1, 0.15) is 11.1 Å². The number of nitrogens with zero attached hydrogens (tertiary/aromatic N) is 1. The predicted molar refractivity (Wildman–Crippen MR) is 113 cm³/mol. The Morgan fingerprint density at radius 1 is 1.07 bits per heavy atom. The predicted octanol–water partition coefficient (Wildman–Crippen LogP) is 5.44. The summed E-state index contributed by atoms with van der Waals surface area (Å²) < 4.78 is 43.0. The van der Waals surface area contributed by atoms with Crippen LogP contribution in [0.2, 0.25) is 5.02 Å². The van der Waals surface area contributed by atoms with E-state index >= 15 is 0 Å². The zero-order chi connectivity index (χ0) is 20.8. The standard InChI is InChI=1S/C21H17ClFN3O2S/c1-12-3-6-16(22)20(9-12)29(27,28)26-18-8-7-17(23)21(13(18)2)14-4-5-15-11-24-25-19(15)10-14/h3-11,26H,1-2H3,(H,24,25). The van der Waals surface area contributed by atoms with Crippen molar-refractivity contribution in [1.29, 1.82) is 0 Å². The lowest BCUT2D eigenvalue weighted by Gasteiger charge is -2.16. The minimum atomic E-state index is -3.95. The lowest BCUT2D eigenvalue weighted by Crippen LogP contribution is -2.15. The molecule has 29 heavy (non-hydrogen) atoms. The highest BCUT2D eigenvalue weighted by atomic mass is 35.5. The fraction of sp³-hybridized carbons (Fsp3) is 0.0952. The quantitative estimate of drug-likeness (QED) is 0.453. The molecule has 4 rings (SSSR count). The van der Waals surface area contributed by atoms with E-state index < -0.39 is 15.8 Å². The first-order valence-corrected chi connectivity index (χ1v) is 10.6. The van der Waals surface area contributed by atoms with Gasteiger partial charge in [-0.15, -0.1) is 0 Å². The van der Waals surface area contributed by atoms with Crippen LogP contribution in [0.15, 0.2) is 59.6 Å². The van der Waals surface area contributed by atoms with Gasteiger partial charge in [0.2, 0.25) is 0 Å². The highest BCUT2D eigenvalue weighted by Gasteiger charge is 2.21. The maximum Gasteiger partial charge on any atom is 0.263 e. The van der Waals surface area contributed by atoms with E-state index in [4.69, 9.17) is 11.6 Å². The van der Waals surface area contributed by atoms with Gasteiger partial charge in [0, 0.05) is 10.9 Å². The molecule has 5 nitrogen and oxygen atoms in total. The van der Waals surface area contributed by atoms with Gasteiger partial charge in [-0.25, -0.2) is 12.8 Å². The summed E-state index contributed by atoms with van der Waals surface area (Å²) in [5.41, 5.74) is 3.21. The second-order valence-corrected chi connectivity index (χ2v) is 8.86. The summed E-state index contributed by atoms with van der Waals surface area (Å²) in [7, 11) is -3.95. The van der Waals surface area contributed by atoms with Crippen molar-refractivity contribution in [3.63, 3.8) is 0 Å². The summed E-state index contributed by atoms with van der Waals surface area (Å²) >= 11 is 6.10. The Kier molecular flexibility index (Phi) is 4.80. The number of fused-ring (bicyclic) bond motifs is 1. The Bertz CT molecular complexity index is 1350. The second kappa shape index (κ2) is 7.17. The van der Waals surface area contributed by atoms with Crippen LogP contribution in [0.5, 0.6) is 0 Å². The van der Waals surface area contributed by atoms with Crippen molar-refractivity contribution in [2.75, 3.05) is 4.72 Å². The molecular weight excluding hydrogens is 413 g/mol. The molecule has 0 amide bonds. The van der Waals surface area contributed by atoms with E-state index in [1.807, 2.05) is 6.07 Å². The van der Waals surface area contributed by atoms with E-state index in [1.54, 1.807) is 38.2 Å². The summed E-state index contributed by atoms with van der Waals surface area (Å²) in [5.74, 6) is -0.446. The molecule has 0 aliphatic rings. The molecule has 0 bridgehead atoms. The maximum atomic E-state index is 14.7. The largest absolute Gasteiger partial charge is 0.279 e. The van der Waals surface area contributed by atoms with Gasteiger partial charge in [-0.3, -0.25) is 9.82 Å². The van der Waals surface area contributed by atoms with Crippen LogP contribution in [0.25, 0.3) is 22.0 Å². The van der Waals surface area contributed by atoms with Crippen LogP contribution in [-0.2, 0) is 10.0 Å². The molecule has 0 radical (unpaired) electrons. The molecule has 148 valence electrons. The molecule has 0 aliphatic carbocycles. The molecule has 4 aromatic rings. The molecule has 1 aromatic heterocycles. The third-order valence-electron chi connectivity index (χ3n) is 4.77. The first-order chi connectivity index (χ1) is 13.8. The van der Waals surface area contributed by atoms with Gasteiger partial charge < -0.3 is 0 Å². The molecule has 2 N–H and O–H groups in total. The number of aromatic amines is 1. The molecule has 0 aliphatic heterocycles. The Morgan fingerprint density at radius 2 is 1.86 bits per heavy atom. The number of sulfonamides is 1. The minimum absolute atomic E-state index is 0.0247. The van der Waals surface area contributed by atoms with Crippen LogP contribution in [-0.4, -0.2) is 18.6 Å². The number of H-pyrrole nitrogens is 1. The van der Waals surface area contributed by atoms with Crippen LogP contribution < -0.4 is 4.72 Å². The van der Waals surface area contributed by atoms with Gasteiger partial charge in [0.1, 0.15) is 10.7 Å². The lowest BCUT2D eigenvalue weighted by atomic mass is 9.98. The van der Waals surface area contributed by atoms with Crippen molar-refractivity contribution in [1.82, 2.24) is 10.2 Å². The van der Waals surface area contributed by atoms with Gasteiger partial charge in [0.05, 0.1) is 22.4 Å². The van der Waals surface area contributed by atoms with Gasteiger partial charge in [-0.2, -0.15) is 5.10 Å². The molecule has 3 aromatic carbocycles. The van der Waals surface area contributed by atoms with Crippen LogP contribution >= 0.6 is 11.6 Å². The van der Waals surface area contributed by atoms with Crippen molar-refractivity contribution in [3.8, 4) is 11.1 Å². The number of halogens is 2. The number of aromatic nitrogens is 2. The molecule has 0 atom stereocenters. The Labute approximate surface area is 172 Å². The second-order valence-electron chi connectivity index (χ2n) is 6.81. The summed E-state index contributed by atoms with van der Waals surface area (Å²) in [4.78, 5) is -0.0247. The fourth-order valence-corrected chi connectivity index (χ4v) is 4.96. The Balaban J connectivity index is 1.80. The van der Waals surface area contributed by atoms with E-state index in [0.29, 0.717) is 16.7 Å². The highest BCUT2D eigenvalue weighted by molar-refractivity contribution is 7.92. The number of hydrogen-bond donors (Lipinski definition) is 2. The van der Waals surface area contributed by atoms with Gasteiger partial charge in [-0.05, 0) is 60.9 Å². The van der Waals surface area contributed by atoms with E-state index in [2.05, 4.69) is 14.9 Å². The number of rotatable bonds is 4. The third-order valence-corrected chi connectivity index (χ3v) is 6.61. The van der Waals surface area contributed by atoms with Gasteiger partial charge in [0.25, 0.3) is 10.0 Å². The van der Waals surface area contributed by atoms with Crippen molar-refractivity contribution >= 4 is 38.2 Å². The molecule has 0 spiro atoms. The summed E-state index contributed by atoms with van der Waals surface area (Å²) in [5, 5.41) is 7.85. The molecule has 0 fully saturated rings. The summed E-state index contributed by atoms with van der Waals surface area (Å²) in [6.07, 6.45) is 1.68. The average Bonchev–Trinajstić information content (AvgIpc) is 3.14. The molecule has 0 saturated carbocycles. The maximum absolute atomic E-state index is 14.7. The minimum Gasteiger partial charge on any atom is -0.279 e. The molecule has 0 saturated heterocycles. The first-order valence-electron chi connectivity index (χ1n) is 8.78. The molecule has 8 heteroatoms. The monoisotopic (exact) mass is 429 g/mol. The van der Waals surface area contributed by atoms with Crippen molar-refractivity contribution in [2.45, 2.75) is 18.7 Å². The van der Waals surface area contributed by atoms with E-state index in [9.17, 15) is 12.8 Å². The topological polar surface area (TPSA) is 74.8 Å². The Morgan fingerprint density at radius 3 is 2.66 bits per heavy atom. The number of hydrogen-bond acceptors (Lipinski definition) is 3. The zero-order valence-corrected chi connectivity index (χ0v) is 17.2. The van der Waals surface area contributed by atoms with E-state index in [-0.39, 0.29) is 15.6 Å². The van der Waals surface area contributed by atoms with Crippen molar-refractivity contribution in [2.24, 2.45) is 0 Å². The number of anilines is 1. The van der Waals surface area contributed by atoms with E-state index in [1.165, 1.54) is 24.3 Å². The fourth-order valence-electron chi connectivity index (χ4n) is 3.25. The lowest BCUT2D eigenvalue weighted by molar-refractivity contribution is 0.601. The number of benzene rings is 3. The smallest absolute Gasteiger partial charge is 0.263 e. The van der Waals surface area contributed by atoms with Gasteiger partial charge in [0.15, 0.2) is 0 Å². The van der Waals surface area contributed by atoms with Crippen molar-refractivity contribution < 1.29 is 12.8 Å². The van der Waals surface area contributed by atoms with Crippen molar-refractivity contribution in [3.05, 3.63) is 76.7 Å². The summed E-state index contributed by atoms with van der Waals surface area (Å²) in [6.45, 7) is 3.45. The van der Waals surface area contributed by atoms with Crippen LogP contribution in [0, 0.1) is 19.7 Å². The SMILES string of the molecule is Cc1ccc(Cl)c(S(=O)(=O)Nc2ccc(F)c(-c3ccc4cn[nH]c4c3)c2C)c1. The van der Waals surface area contributed by atoms with E-state index in [0.717, 1.165) is 16.5 Å². The molecular formula is C21H17ClFN3O2S. The number of nitrogens with one attached hydrogen (secondary N) is 2. The average molecular weight is 430 g/mol. The third kappa shape index (κ3) is 3.59. The highest BCUT2D eigenvalue weighted by Crippen LogP contribution is 2.34. The van der Waals surface area contributed by atoms with Crippen LogP contribution in [0.3, 0.4) is 0 Å². The molecule has 1 heterocycles.